The van der Waals surface area contributed by atoms with Gasteiger partial charge in [-0.15, -0.1) is 0 Å². The third-order valence-electron chi connectivity index (χ3n) is 5.00. The van der Waals surface area contributed by atoms with Crippen molar-refractivity contribution in [2.24, 2.45) is 0 Å². The number of likely N-dealkylation sites (N-methyl/N-ethyl adjacent to an activating group) is 2. The Morgan fingerprint density at radius 2 is 1.23 bits per heavy atom. The monoisotopic (exact) mass is 526 g/mol. The number of hydrogen-bond acceptors (Lipinski definition) is 8. The van der Waals surface area contributed by atoms with Crippen LogP contribution in [0.1, 0.15) is 27.7 Å². The molecule has 0 aliphatic heterocycles. The van der Waals surface area contributed by atoms with E-state index in [1.165, 1.54) is 22.7 Å². The van der Waals surface area contributed by atoms with Gasteiger partial charge in [0, 0.05) is 0 Å². The van der Waals surface area contributed by atoms with Crippen molar-refractivity contribution < 1.29 is 9.59 Å². The second kappa shape index (κ2) is 10.8. The Balaban J connectivity index is 1.78. The molecular weight excluding hydrogens is 500 g/mol. The summed E-state index contributed by atoms with van der Waals surface area (Å²) in [4.78, 5) is 37.9. The number of fused-ring (bicyclic) bond motifs is 2. The average Bonchev–Trinajstić information content (AvgIpc) is 3.33. The van der Waals surface area contributed by atoms with Gasteiger partial charge in [-0.3, -0.25) is 19.4 Å². The van der Waals surface area contributed by atoms with Crippen LogP contribution in [-0.4, -0.2) is 70.9 Å². The summed E-state index contributed by atoms with van der Waals surface area (Å²) in [5, 5.41) is 6.93. The summed E-state index contributed by atoms with van der Waals surface area (Å²) in [6, 6.07) is 2.00. The van der Waals surface area contributed by atoms with Crippen molar-refractivity contribution in [2.45, 2.75) is 27.7 Å². The molecule has 8 nitrogen and oxygen atoms in total. The number of rotatable bonds is 10. The molecule has 2 N–H and O–H groups in total. The lowest BCUT2D eigenvalue weighted by Crippen LogP contribution is -2.32. The van der Waals surface area contributed by atoms with Gasteiger partial charge in [0.1, 0.15) is 11.0 Å². The van der Waals surface area contributed by atoms with Gasteiger partial charge in [0.15, 0.2) is 10.3 Å². The second-order valence-electron chi connectivity index (χ2n) is 6.94. The van der Waals surface area contributed by atoms with Crippen LogP contribution in [0.4, 0.5) is 10.3 Å². The number of aromatic nitrogens is 2. The first-order chi connectivity index (χ1) is 14.9. The summed E-state index contributed by atoms with van der Waals surface area (Å²) in [6.45, 7) is 12.1. The highest BCUT2D eigenvalue weighted by Crippen LogP contribution is 2.39. The number of benzene rings is 1. The van der Waals surface area contributed by atoms with Crippen molar-refractivity contribution in [3.8, 4) is 0 Å². The van der Waals surface area contributed by atoms with E-state index in [0.717, 1.165) is 51.1 Å². The van der Waals surface area contributed by atoms with Crippen molar-refractivity contribution in [1.82, 2.24) is 19.8 Å². The molecule has 0 aliphatic carbocycles. The Bertz CT molecular complexity index is 994. The SMILES string of the molecule is CCN(CC)CC(=O)Nc1nc2c(Br)c3nc(NC(=O)CN(CC)CC)sc3cc2s1. The van der Waals surface area contributed by atoms with Gasteiger partial charge in [0.25, 0.3) is 0 Å². The first-order valence-electron chi connectivity index (χ1n) is 10.3. The van der Waals surface area contributed by atoms with E-state index in [1.54, 1.807) is 0 Å². The molecule has 0 bridgehead atoms. The summed E-state index contributed by atoms with van der Waals surface area (Å²) in [7, 11) is 0. The van der Waals surface area contributed by atoms with Gasteiger partial charge in [-0.1, -0.05) is 50.4 Å². The highest BCUT2D eigenvalue weighted by atomic mass is 79.9. The number of carbonyl (C=O) groups excluding carboxylic acids is 2. The molecule has 11 heteroatoms. The fraction of sp³-hybridized carbons (Fsp3) is 0.500. The van der Waals surface area contributed by atoms with E-state index in [9.17, 15) is 9.59 Å². The molecule has 0 saturated carbocycles. The number of thiazole rings is 2. The summed E-state index contributed by atoms with van der Waals surface area (Å²) in [5.74, 6) is -0.144. The molecule has 0 atom stereocenters. The van der Waals surface area contributed by atoms with Crippen LogP contribution in [0, 0.1) is 0 Å². The Labute approximate surface area is 198 Å². The third-order valence-corrected chi connectivity index (χ3v) is 7.59. The molecule has 0 saturated heterocycles. The lowest BCUT2D eigenvalue weighted by atomic mass is 10.3. The molecule has 0 aliphatic rings. The molecule has 3 rings (SSSR count). The van der Waals surface area contributed by atoms with E-state index >= 15 is 0 Å². The lowest BCUT2D eigenvalue weighted by molar-refractivity contribution is -0.118. The quantitative estimate of drug-likeness (QED) is 0.410. The summed E-state index contributed by atoms with van der Waals surface area (Å²) >= 11 is 6.47. The summed E-state index contributed by atoms with van der Waals surface area (Å²) < 4.78 is 2.66. The lowest BCUT2D eigenvalue weighted by Gasteiger charge is -2.16. The molecule has 2 amide bonds. The third kappa shape index (κ3) is 5.78. The van der Waals surface area contributed by atoms with Crippen molar-refractivity contribution in [1.29, 1.82) is 0 Å². The van der Waals surface area contributed by atoms with Crippen molar-refractivity contribution in [3.05, 3.63) is 10.5 Å². The molecule has 168 valence electrons. The Hall–Kier alpha value is -1.66. The maximum atomic E-state index is 12.3. The first-order valence-corrected chi connectivity index (χ1v) is 12.7. The van der Waals surface area contributed by atoms with Gasteiger partial charge >= 0.3 is 0 Å². The summed E-state index contributed by atoms with van der Waals surface area (Å²) in [6.07, 6.45) is 0. The molecule has 3 aromatic rings. The van der Waals surface area contributed by atoms with Gasteiger partial charge in [-0.25, -0.2) is 9.97 Å². The number of hydrogen-bond donors (Lipinski definition) is 2. The molecule has 0 radical (unpaired) electrons. The minimum atomic E-state index is -0.0722. The van der Waals surface area contributed by atoms with E-state index in [0.29, 0.717) is 23.4 Å². The molecular formula is C20H27BrN6O2S2. The normalized spacial score (nSPS) is 11.7. The van der Waals surface area contributed by atoms with Crippen LogP contribution in [0.15, 0.2) is 10.5 Å². The van der Waals surface area contributed by atoms with E-state index < -0.39 is 0 Å². The second-order valence-corrected chi connectivity index (χ2v) is 9.80. The summed E-state index contributed by atoms with van der Waals surface area (Å²) in [5.41, 5.74) is 1.50. The van der Waals surface area contributed by atoms with Crippen LogP contribution >= 0.6 is 38.6 Å². The van der Waals surface area contributed by atoms with Crippen LogP contribution in [0.2, 0.25) is 0 Å². The molecule has 1 aromatic carbocycles. The van der Waals surface area contributed by atoms with E-state index in [-0.39, 0.29) is 11.8 Å². The Morgan fingerprint density at radius 3 is 1.58 bits per heavy atom. The highest BCUT2D eigenvalue weighted by molar-refractivity contribution is 9.10. The fourth-order valence-corrected chi connectivity index (χ4v) is 5.93. The largest absolute Gasteiger partial charge is 0.301 e. The van der Waals surface area contributed by atoms with Crippen LogP contribution < -0.4 is 10.6 Å². The number of carbonyl (C=O) groups is 2. The number of amides is 2. The molecule has 2 aromatic heterocycles. The van der Waals surface area contributed by atoms with Gasteiger partial charge < -0.3 is 10.6 Å². The molecule has 31 heavy (non-hydrogen) atoms. The molecule has 0 fully saturated rings. The first kappa shape index (κ1) is 24.0. The Morgan fingerprint density at radius 1 is 0.839 bits per heavy atom. The topological polar surface area (TPSA) is 90.5 Å². The number of nitrogens with zero attached hydrogens (tertiary/aromatic N) is 4. The van der Waals surface area contributed by atoms with E-state index in [1.807, 2.05) is 33.8 Å². The van der Waals surface area contributed by atoms with E-state index in [4.69, 9.17) is 0 Å². The van der Waals surface area contributed by atoms with Crippen LogP contribution in [0.3, 0.4) is 0 Å². The van der Waals surface area contributed by atoms with Gasteiger partial charge in [-0.2, -0.15) is 0 Å². The average molecular weight is 528 g/mol. The van der Waals surface area contributed by atoms with Crippen molar-refractivity contribution in [2.75, 3.05) is 49.9 Å². The fourth-order valence-electron chi connectivity index (χ4n) is 3.13. The molecule has 0 spiro atoms. The number of halogens is 1. The van der Waals surface area contributed by atoms with Gasteiger partial charge in [-0.05, 0) is 48.2 Å². The Kier molecular flexibility index (Phi) is 8.34. The van der Waals surface area contributed by atoms with Crippen LogP contribution in [-0.2, 0) is 9.59 Å². The minimum absolute atomic E-state index is 0.0722. The highest BCUT2D eigenvalue weighted by Gasteiger charge is 2.18. The van der Waals surface area contributed by atoms with Gasteiger partial charge in [0.05, 0.1) is 27.0 Å². The zero-order valence-corrected chi connectivity index (χ0v) is 21.3. The minimum Gasteiger partial charge on any atom is -0.301 e. The van der Waals surface area contributed by atoms with Gasteiger partial charge in [0.2, 0.25) is 11.8 Å². The zero-order chi connectivity index (χ0) is 22.5. The molecule has 2 heterocycles. The van der Waals surface area contributed by atoms with E-state index in [2.05, 4.69) is 46.3 Å². The maximum Gasteiger partial charge on any atom is 0.240 e. The maximum absolute atomic E-state index is 12.3. The number of nitrogens with one attached hydrogen (secondary N) is 2. The van der Waals surface area contributed by atoms with Crippen LogP contribution in [0.5, 0.6) is 0 Å². The smallest absolute Gasteiger partial charge is 0.240 e. The van der Waals surface area contributed by atoms with Crippen molar-refractivity contribution >= 4 is 81.1 Å². The van der Waals surface area contributed by atoms with Crippen molar-refractivity contribution in [3.63, 3.8) is 0 Å². The number of anilines is 2. The standard InChI is InChI=1S/C20H27BrN6O2S2/c1-5-26(6-2)10-14(28)22-19-24-17-12(30-19)9-13-18(16(17)21)25-20(31-13)23-15(29)11-27(7-3)8-4/h9H,5-8,10-11H2,1-4H3,(H,22,24,28)(H,23,25,29). The molecule has 0 unspecified atom stereocenters. The van der Waals surface area contributed by atoms with Crippen LogP contribution in [0.25, 0.3) is 20.4 Å². The zero-order valence-electron chi connectivity index (χ0n) is 18.1. The predicted molar refractivity (Wildman–Crippen MR) is 133 cm³/mol. The predicted octanol–water partition coefficient (Wildman–Crippen LogP) is 4.23.